The Kier molecular flexibility index (Phi) is 8.00. The van der Waals surface area contributed by atoms with Gasteiger partial charge in [-0.1, -0.05) is 55.8 Å². The van der Waals surface area contributed by atoms with Crippen LogP contribution in [-0.2, 0) is 13.2 Å². The summed E-state index contributed by atoms with van der Waals surface area (Å²) in [6.45, 7) is 8.07. The van der Waals surface area contributed by atoms with Gasteiger partial charge in [0.05, 0.1) is 0 Å². The third kappa shape index (κ3) is 6.43. The lowest BCUT2D eigenvalue weighted by Gasteiger charge is -2.27. The first-order chi connectivity index (χ1) is 12.6. The first-order valence-corrected chi connectivity index (χ1v) is 9.40. The van der Waals surface area contributed by atoms with Gasteiger partial charge in [-0.25, -0.2) is 4.79 Å². The van der Waals surface area contributed by atoms with Crippen molar-refractivity contribution < 1.29 is 9.53 Å². The molecule has 4 nitrogen and oxygen atoms in total. The van der Waals surface area contributed by atoms with Crippen LogP contribution in [0.5, 0.6) is 5.75 Å². The van der Waals surface area contributed by atoms with E-state index in [1.165, 1.54) is 0 Å². The van der Waals surface area contributed by atoms with Crippen LogP contribution in [0.15, 0.2) is 54.6 Å². The van der Waals surface area contributed by atoms with E-state index in [0.29, 0.717) is 13.2 Å². The van der Waals surface area contributed by atoms with E-state index in [1.807, 2.05) is 73.3 Å². The Morgan fingerprint density at radius 3 is 2.35 bits per heavy atom. The summed E-state index contributed by atoms with van der Waals surface area (Å²) in [6.07, 6.45) is 2.08. The molecule has 2 aromatic rings. The lowest BCUT2D eigenvalue weighted by atomic mass is 10.2. The molecule has 140 valence electrons. The van der Waals surface area contributed by atoms with E-state index in [-0.39, 0.29) is 12.1 Å². The topological polar surface area (TPSA) is 41.6 Å². The van der Waals surface area contributed by atoms with Crippen molar-refractivity contribution in [2.24, 2.45) is 0 Å². The molecule has 26 heavy (non-hydrogen) atoms. The molecule has 0 aliphatic heterocycles. The highest BCUT2D eigenvalue weighted by Gasteiger charge is 2.16. The predicted octanol–water partition coefficient (Wildman–Crippen LogP) is 4.99. The maximum absolute atomic E-state index is 12.4. The van der Waals surface area contributed by atoms with E-state index in [2.05, 4.69) is 12.2 Å². The molecule has 2 aromatic carbocycles. The van der Waals surface area contributed by atoms with Gasteiger partial charge in [0.25, 0.3) is 0 Å². The molecular weight excluding hydrogens is 324 g/mol. The number of amides is 2. The number of nitrogens with zero attached hydrogens (tertiary/aromatic N) is 1. The summed E-state index contributed by atoms with van der Waals surface area (Å²) in [5, 5.41) is 3.00. The van der Waals surface area contributed by atoms with Gasteiger partial charge in [0.1, 0.15) is 12.4 Å². The summed E-state index contributed by atoms with van der Waals surface area (Å²) in [7, 11) is 0. The minimum Gasteiger partial charge on any atom is -0.489 e. The van der Waals surface area contributed by atoms with Crippen LogP contribution in [0.1, 0.15) is 44.7 Å². The fourth-order valence-electron chi connectivity index (χ4n) is 2.59. The number of rotatable bonds is 9. The van der Waals surface area contributed by atoms with Gasteiger partial charge in [-0.2, -0.15) is 0 Å². The Labute approximate surface area is 157 Å². The highest BCUT2D eigenvalue weighted by Crippen LogP contribution is 2.16. The Morgan fingerprint density at radius 2 is 1.73 bits per heavy atom. The van der Waals surface area contributed by atoms with Crippen LogP contribution in [0.4, 0.5) is 4.79 Å². The Balaban J connectivity index is 1.90. The average molecular weight is 354 g/mol. The van der Waals surface area contributed by atoms with Crippen LogP contribution in [0.25, 0.3) is 0 Å². The molecule has 0 aliphatic rings. The average Bonchev–Trinajstić information content (AvgIpc) is 2.66. The summed E-state index contributed by atoms with van der Waals surface area (Å²) in [6, 6.07) is 18.2. The van der Waals surface area contributed by atoms with Gasteiger partial charge >= 0.3 is 6.03 Å². The minimum atomic E-state index is -0.00199. The molecule has 2 amide bonds. The molecule has 2 rings (SSSR count). The van der Waals surface area contributed by atoms with E-state index in [9.17, 15) is 4.79 Å². The fraction of sp³-hybridized carbons (Fsp3) is 0.409. The quantitative estimate of drug-likeness (QED) is 0.645. The summed E-state index contributed by atoms with van der Waals surface area (Å²) < 4.78 is 5.82. The van der Waals surface area contributed by atoms with Crippen molar-refractivity contribution in [1.29, 1.82) is 0 Å². The molecule has 0 bridgehead atoms. The third-order valence-electron chi connectivity index (χ3n) is 4.22. The zero-order chi connectivity index (χ0) is 18.8. The highest BCUT2D eigenvalue weighted by molar-refractivity contribution is 5.74. The summed E-state index contributed by atoms with van der Waals surface area (Å²) in [4.78, 5) is 14.2. The van der Waals surface area contributed by atoms with Crippen molar-refractivity contribution in [3.8, 4) is 5.75 Å². The molecule has 0 heterocycles. The van der Waals surface area contributed by atoms with Gasteiger partial charge in [-0.3, -0.25) is 0 Å². The summed E-state index contributed by atoms with van der Waals surface area (Å²) >= 11 is 0. The second-order valence-electron chi connectivity index (χ2n) is 6.73. The standard InChI is InChI=1S/C22H30N2O2/c1-4-5-15-23-22(25)24(18(2)3)16-19-11-13-21(14-12-19)26-17-20-9-7-6-8-10-20/h6-14,18H,4-5,15-17H2,1-3H3,(H,23,25). The molecule has 0 aliphatic carbocycles. The molecule has 0 saturated carbocycles. The maximum Gasteiger partial charge on any atom is 0.317 e. The number of unbranched alkanes of at least 4 members (excludes halogenated alkanes) is 1. The first-order valence-electron chi connectivity index (χ1n) is 9.40. The van der Waals surface area contributed by atoms with Crippen molar-refractivity contribution in [1.82, 2.24) is 10.2 Å². The predicted molar refractivity (Wildman–Crippen MR) is 106 cm³/mol. The molecule has 0 radical (unpaired) electrons. The van der Waals surface area contributed by atoms with Crippen LogP contribution in [0.3, 0.4) is 0 Å². The second kappa shape index (κ2) is 10.5. The van der Waals surface area contributed by atoms with Crippen molar-refractivity contribution in [3.63, 3.8) is 0 Å². The molecule has 0 atom stereocenters. The molecule has 0 aromatic heterocycles. The molecule has 0 unspecified atom stereocenters. The normalized spacial score (nSPS) is 10.6. The fourth-order valence-corrected chi connectivity index (χ4v) is 2.59. The minimum absolute atomic E-state index is 0.00199. The lowest BCUT2D eigenvalue weighted by Crippen LogP contribution is -2.43. The molecule has 0 fully saturated rings. The van der Waals surface area contributed by atoms with Gasteiger partial charge in [0.2, 0.25) is 0 Å². The Morgan fingerprint density at radius 1 is 1.04 bits per heavy atom. The van der Waals surface area contributed by atoms with Crippen molar-refractivity contribution in [2.75, 3.05) is 6.54 Å². The third-order valence-corrected chi connectivity index (χ3v) is 4.22. The van der Waals surface area contributed by atoms with Crippen molar-refractivity contribution in [3.05, 3.63) is 65.7 Å². The molecular formula is C22H30N2O2. The van der Waals surface area contributed by atoms with E-state index >= 15 is 0 Å². The largest absolute Gasteiger partial charge is 0.489 e. The zero-order valence-electron chi connectivity index (χ0n) is 16.1. The SMILES string of the molecule is CCCCNC(=O)N(Cc1ccc(OCc2ccccc2)cc1)C(C)C. The Bertz CT molecular complexity index is 654. The van der Waals surface area contributed by atoms with Crippen LogP contribution in [0, 0.1) is 0 Å². The number of nitrogens with one attached hydrogen (secondary N) is 1. The number of benzene rings is 2. The van der Waals surface area contributed by atoms with Gasteiger partial charge in [-0.15, -0.1) is 0 Å². The number of hydrogen-bond donors (Lipinski definition) is 1. The van der Waals surface area contributed by atoms with Crippen LogP contribution >= 0.6 is 0 Å². The van der Waals surface area contributed by atoms with Crippen molar-refractivity contribution in [2.45, 2.75) is 52.8 Å². The van der Waals surface area contributed by atoms with Gasteiger partial charge in [0, 0.05) is 19.1 Å². The summed E-state index contributed by atoms with van der Waals surface area (Å²) in [5.41, 5.74) is 2.24. The van der Waals surface area contributed by atoms with Gasteiger partial charge in [-0.05, 0) is 43.5 Å². The number of carbonyl (C=O) groups excluding carboxylic acids is 1. The maximum atomic E-state index is 12.4. The van der Waals surface area contributed by atoms with Crippen molar-refractivity contribution >= 4 is 6.03 Å². The summed E-state index contributed by atoms with van der Waals surface area (Å²) in [5.74, 6) is 0.834. The monoisotopic (exact) mass is 354 g/mol. The Hall–Kier alpha value is -2.49. The van der Waals surface area contributed by atoms with E-state index in [1.54, 1.807) is 0 Å². The smallest absolute Gasteiger partial charge is 0.317 e. The molecule has 0 saturated heterocycles. The zero-order valence-corrected chi connectivity index (χ0v) is 16.1. The molecule has 0 spiro atoms. The second-order valence-corrected chi connectivity index (χ2v) is 6.73. The highest BCUT2D eigenvalue weighted by atomic mass is 16.5. The van der Waals surface area contributed by atoms with Crippen LogP contribution in [0.2, 0.25) is 0 Å². The van der Waals surface area contributed by atoms with E-state index < -0.39 is 0 Å². The van der Waals surface area contributed by atoms with E-state index in [4.69, 9.17) is 4.74 Å². The van der Waals surface area contributed by atoms with E-state index in [0.717, 1.165) is 36.3 Å². The first kappa shape index (κ1) is 19.8. The molecule has 1 N–H and O–H groups in total. The molecule has 4 heteroatoms. The van der Waals surface area contributed by atoms with Gasteiger partial charge in [0.15, 0.2) is 0 Å². The van der Waals surface area contributed by atoms with Crippen LogP contribution < -0.4 is 10.1 Å². The van der Waals surface area contributed by atoms with Gasteiger partial charge < -0.3 is 15.0 Å². The number of carbonyl (C=O) groups is 1. The number of ether oxygens (including phenoxy) is 1. The van der Waals surface area contributed by atoms with Crippen LogP contribution in [-0.4, -0.2) is 23.5 Å². The lowest BCUT2D eigenvalue weighted by molar-refractivity contribution is 0.179. The number of urea groups is 1. The number of hydrogen-bond acceptors (Lipinski definition) is 2.